The standard InChI is InChI=1S/C20H22Cl2N2O3/c1-26-15-6-7-18(27-2)14(12-15)13-23-8-10-24(11-9-23)20(25)16-4-3-5-17(21)19(16)22/h3-7,12H,8-11,13H2,1-2H3. The average molecular weight is 409 g/mol. The van der Waals surface area contributed by atoms with Crippen LogP contribution >= 0.6 is 23.2 Å². The van der Waals surface area contributed by atoms with E-state index in [-0.39, 0.29) is 5.91 Å². The van der Waals surface area contributed by atoms with Crippen LogP contribution in [0.2, 0.25) is 10.0 Å². The highest BCUT2D eigenvalue weighted by Gasteiger charge is 2.24. The number of piperazine rings is 1. The Hall–Kier alpha value is -1.95. The van der Waals surface area contributed by atoms with Gasteiger partial charge in [-0.2, -0.15) is 0 Å². The van der Waals surface area contributed by atoms with Crippen molar-refractivity contribution < 1.29 is 14.3 Å². The summed E-state index contributed by atoms with van der Waals surface area (Å²) in [6.07, 6.45) is 0. The summed E-state index contributed by atoms with van der Waals surface area (Å²) in [6, 6.07) is 10.9. The maximum Gasteiger partial charge on any atom is 0.255 e. The maximum absolute atomic E-state index is 12.7. The first-order chi connectivity index (χ1) is 13.0. The number of benzene rings is 2. The quantitative estimate of drug-likeness (QED) is 0.750. The van der Waals surface area contributed by atoms with E-state index in [1.807, 2.05) is 23.1 Å². The molecule has 1 saturated heterocycles. The topological polar surface area (TPSA) is 42.0 Å². The van der Waals surface area contributed by atoms with Gasteiger partial charge in [0.1, 0.15) is 11.5 Å². The number of rotatable bonds is 5. The zero-order valence-electron chi connectivity index (χ0n) is 15.4. The summed E-state index contributed by atoms with van der Waals surface area (Å²) in [5.74, 6) is 1.55. The van der Waals surface area contributed by atoms with E-state index in [1.165, 1.54) is 0 Å². The molecule has 5 nitrogen and oxygen atoms in total. The van der Waals surface area contributed by atoms with Crippen LogP contribution in [0.3, 0.4) is 0 Å². The Morgan fingerprint density at radius 3 is 2.44 bits per heavy atom. The predicted molar refractivity (Wildman–Crippen MR) is 107 cm³/mol. The zero-order valence-corrected chi connectivity index (χ0v) is 16.9. The van der Waals surface area contributed by atoms with Crippen molar-refractivity contribution in [1.82, 2.24) is 9.80 Å². The van der Waals surface area contributed by atoms with Gasteiger partial charge in [-0.15, -0.1) is 0 Å². The predicted octanol–water partition coefficient (Wildman–Crippen LogP) is 3.97. The summed E-state index contributed by atoms with van der Waals surface area (Å²) in [5, 5.41) is 0.707. The first kappa shape index (κ1) is 19.8. The van der Waals surface area contributed by atoms with Crippen LogP contribution in [0.15, 0.2) is 36.4 Å². The molecule has 0 spiro atoms. The molecule has 1 fully saturated rings. The van der Waals surface area contributed by atoms with E-state index in [4.69, 9.17) is 32.7 Å². The Kier molecular flexibility index (Phi) is 6.47. The third kappa shape index (κ3) is 4.49. The molecule has 0 unspecified atom stereocenters. The van der Waals surface area contributed by atoms with Gasteiger partial charge in [-0.05, 0) is 30.3 Å². The lowest BCUT2D eigenvalue weighted by Crippen LogP contribution is -2.48. The third-order valence-corrected chi connectivity index (χ3v) is 5.54. The summed E-state index contributed by atoms with van der Waals surface area (Å²) in [4.78, 5) is 16.9. The molecule has 27 heavy (non-hydrogen) atoms. The van der Waals surface area contributed by atoms with Crippen molar-refractivity contribution in [3.8, 4) is 11.5 Å². The summed E-state index contributed by atoms with van der Waals surface area (Å²) in [5.41, 5.74) is 1.52. The summed E-state index contributed by atoms with van der Waals surface area (Å²) < 4.78 is 10.8. The van der Waals surface area contributed by atoms with Crippen LogP contribution in [-0.4, -0.2) is 56.1 Å². The van der Waals surface area contributed by atoms with Crippen molar-refractivity contribution in [1.29, 1.82) is 0 Å². The number of methoxy groups -OCH3 is 2. The largest absolute Gasteiger partial charge is 0.497 e. The lowest BCUT2D eigenvalue weighted by molar-refractivity contribution is 0.0627. The van der Waals surface area contributed by atoms with Crippen molar-refractivity contribution in [3.63, 3.8) is 0 Å². The fraction of sp³-hybridized carbons (Fsp3) is 0.350. The molecule has 7 heteroatoms. The zero-order chi connectivity index (χ0) is 19.4. The van der Waals surface area contributed by atoms with E-state index >= 15 is 0 Å². The number of hydrogen-bond acceptors (Lipinski definition) is 4. The molecular weight excluding hydrogens is 387 g/mol. The van der Waals surface area contributed by atoms with Crippen molar-refractivity contribution >= 4 is 29.1 Å². The van der Waals surface area contributed by atoms with Gasteiger partial charge in [-0.25, -0.2) is 0 Å². The van der Waals surface area contributed by atoms with Gasteiger partial charge in [-0.1, -0.05) is 29.3 Å². The van der Waals surface area contributed by atoms with Gasteiger partial charge in [0.25, 0.3) is 5.91 Å². The average Bonchev–Trinajstić information content (AvgIpc) is 2.70. The molecule has 0 bridgehead atoms. The van der Waals surface area contributed by atoms with E-state index in [1.54, 1.807) is 32.4 Å². The molecular formula is C20H22Cl2N2O3. The molecule has 3 rings (SSSR count). The number of halogens is 2. The summed E-state index contributed by atoms with van der Waals surface area (Å²) >= 11 is 12.2. The number of nitrogens with zero attached hydrogens (tertiary/aromatic N) is 2. The maximum atomic E-state index is 12.7. The highest BCUT2D eigenvalue weighted by atomic mass is 35.5. The molecule has 144 valence electrons. The molecule has 1 aliphatic heterocycles. The minimum absolute atomic E-state index is 0.0823. The van der Waals surface area contributed by atoms with Crippen molar-refractivity contribution in [3.05, 3.63) is 57.6 Å². The van der Waals surface area contributed by atoms with Gasteiger partial charge < -0.3 is 14.4 Å². The normalized spacial score (nSPS) is 14.9. The number of hydrogen-bond donors (Lipinski definition) is 0. The van der Waals surface area contributed by atoms with E-state index in [2.05, 4.69) is 4.90 Å². The fourth-order valence-electron chi connectivity index (χ4n) is 3.19. The van der Waals surface area contributed by atoms with Crippen molar-refractivity contribution in [2.45, 2.75) is 6.54 Å². The van der Waals surface area contributed by atoms with E-state index in [0.29, 0.717) is 28.7 Å². The van der Waals surface area contributed by atoms with Crippen LogP contribution < -0.4 is 9.47 Å². The molecule has 1 heterocycles. The lowest BCUT2D eigenvalue weighted by atomic mass is 10.1. The Labute approximate surface area is 169 Å². The molecule has 2 aromatic rings. The van der Waals surface area contributed by atoms with E-state index in [0.717, 1.165) is 36.7 Å². The molecule has 0 N–H and O–H groups in total. The fourth-order valence-corrected chi connectivity index (χ4v) is 3.58. The lowest BCUT2D eigenvalue weighted by Gasteiger charge is -2.35. The van der Waals surface area contributed by atoms with Crippen LogP contribution in [0.5, 0.6) is 11.5 Å². The Balaban J connectivity index is 1.64. The molecule has 0 aromatic heterocycles. The van der Waals surface area contributed by atoms with Crippen LogP contribution in [0, 0.1) is 0 Å². The van der Waals surface area contributed by atoms with Gasteiger partial charge in [-0.3, -0.25) is 9.69 Å². The van der Waals surface area contributed by atoms with E-state index in [9.17, 15) is 4.79 Å². The molecule has 0 aliphatic carbocycles. The van der Waals surface area contributed by atoms with Gasteiger partial charge in [0, 0.05) is 38.3 Å². The van der Waals surface area contributed by atoms with Gasteiger partial charge in [0.15, 0.2) is 0 Å². The van der Waals surface area contributed by atoms with Crippen molar-refractivity contribution in [2.75, 3.05) is 40.4 Å². The second-order valence-corrected chi connectivity index (χ2v) is 7.13. The van der Waals surface area contributed by atoms with Gasteiger partial charge in [0.2, 0.25) is 0 Å². The third-order valence-electron chi connectivity index (χ3n) is 4.72. The monoisotopic (exact) mass is 408 g/mol. The summed E-state index contributed by atoms with van der Waals surface area (Å²) in [7, 11) is 3.31. The van der Waals surface area contributed by atoms with E-state index < -0.39 is 0 Å². The van der Waals surface area contributed by atoms with Crippen LogP contribution in [0.1, 0.15) is 15.9 Å². The molecule has 0 atom stereocenters. The molecule has 2 aromatic carbocycles. The van der Waals surface area contributed by atoms with Crippen molar-refractivity contribution in [2.24, 2.45) is 0 Å². The second-order valence-electron chi connectivity index (χ2n) is 6.35. The molecule has 0 radical (unpaired) electrons. The Morgan fingerprint density at radius 1 is 1.04 bits per heavy atom. The van der Waals surface area contributed by atoms with Crippen LogP contribution in [0.4, 0.5) is 0 Å². The second kappa shape index (κ2) is 8.83. The first-order valence-corrected chi connectivity index (χ1v) is 9.45. The highest BCUT2D eigenvalue weighted by Crippen LogP contribution is 2.28. The number of ether oxygens (including phenoxy) is 2. The number of carbonyl (C=O) groups is 1. The molecule has 1 amide bonds. The minimum Gasteiger partial charge on any atom is -0.497 e. The highest BCUT2D eigenvalue weighted by molar-refractivity contribution is 6.43. The molecule has 0 saturated carbocycles. The molecule has 1 aliphatic rings. The Bertz CT molecular complexity index is 821. The van der Waals surface area contributed by atoms with Gasteiger partial charge >= 0.3 is 0 Å². The minimum atomic E-state index is -0.0823. The summed E-state index contributed by atoms with van der Waals surface area (Å²) in [6.45, 7) is 3.54. The number of amides is 1. The number of carbonyl (C=O) groups excluding carboxylic acids is 1. The first-order valence-electron chi connectivity index (χ1n) is 8.70. The SMILES string of the molecule is COc1ccc(OC)c(CN2CCN(C(=O)c3cccc(Cl)c3Cl)CC2)c1. The Morgan fingerprint density at radius 2 is 1.78 bits per heavy atom. The van der Waals surface area contributed by atoms with Crippen LogP contribution in [-0.2, 0) is 6.54 Å². The van der Waals surface area contributed by atoms with Gasteiger partial charge in [0.05, 0.1) is 29.8 Å². The van der Waals surface area contributed by atoms with Crippen LogP contribution in [0.25, 0.3) is 0 Å². The smallest absolute Gasteiger partial charge is 0.255 e.